The first kappa shape index (κ1) is 14.5. The largest absolute Gasteiger partial charge is 0.337 e. The van der Waals surface area contributed by atoms with Crippen molar-refractivity contribution in [2.75, 3.05) is 7.05 Å². The van der Waals surface area contributed by atoms with Crippen LogP contribution >= 0.6 is 11.3 Å². The van der Waals surface area contributed by atoms with Gasteiger partial charge >= 0.3 is 0 Å². The molecule has 0 radical (unpaired) electrons. The van der Waals surface area contributed by atoms with Crippen molar-refractivity contribution >= 4 is 23.3 Å². The summed E-state index contributed by atoms with van der Waals surface area (Å²) >= 11 is 1.69. The number of carbonyl (C=O) groups is 1. The van der Waals surface area contributed by atoms with E-state index in [1.807, 2.05) is 37.4 Å². The van der Waals surface area contributed by atoms with Crippen LogP contribution in [-0.2, 0) is 11.3 Å². The molecule has 0 unspecified atom stereocenters. The Labute approximate surface area is 124 Å². The molecule has 0 aliphatic heterocycles. The number of thiophene rings is 1. The van der Waals surface area contributed by atoms with Crippen molar-refractivity contribution in [3.05, 3.63) is 63.4 Å². The number of hydrogen-bond acceptors (Lipinski definition) is 2. The van der Waals surface area contributed by atoms with Gasteiger partial charge in [0.2, 0.25) is 5.91 Å². The molecule has 0 bridgehead atoms. The zero-order valence-electron chi connectivity index (χ0n) is 12.1. The second-order valence-corrected chi connectivity index (χ2v) is 5.97. The van der Waals surface area contributed by atoms with Crippen molar-refractivity contribution in [1.29, 1.82) is 0 Å². The van der Waals surface area contributed by atoms with Crippen LogP contribution in [0.15, 0.2) is 41.8 Å². The summed E-state index contributed by atoms with van der Waals surface area (Å²) in [7, 11) is 1.83. The molecular formula is C17H19NOS. The van der Waals surface area contributed by atoms with E-state index >= 15 is 0 Å². The van der Waals surface area contributed by atoms with Crippen molar-refractivity contribution in [1.82, 2.24) is 4.90 Å². The number of benzene rings is 1. The van der Waals surface area contributed by atoms with Gasteiger partial charge in [-0.25, -0.2) is 0 Å². The molecule has 2 rings (SSSR count). The van der Waals surface area contributed by atoms with Crippen LogP contribution in [0.1, 0.15) is 21.6 Å². The Hall–Kier alpha value is -1.87. The number of likely N-dealkylation sites (N-methyl/N-ethyl adjacent to an activating group) is 1. The summed E-state index contributed by atoms with van der Waals surface area (Å²) in [5.41, 5.74) is 3.51. The molecule has 20 heavy (non-hydrogen) atoms. The molecule has 0 N–H and O–H groups in total. The number of nitrogens with zero attached hydrogens (tertiary/aromatic N) is 1. The minimum atomic E-state index is 0.0263. The molecule has 0 spiro atoms. The fraction of sp³-hybridized carbons (Fsp3) is 0.235. The van der Waals surface area contributed by atoms with Gasteiger partial charge in [-0.1, -0.05) is 29.8 Å². The smallest absolute Gasteiger partial charge is 0.246 e. The summed E-state index contributed by atoms with van der Waals surface area (Å²) in [6.07, 6.45) is 3.49. The summed E-state index contributed by atoms with van der Waals surface area (Å²) in [5.74, 6) is 0.0263. The first-order valence-electron chi connectivity index (χ1n) is 6.59. The molecule has 104 valence electrons. The van der Waals surface area contributed by atoms with Crippen molar-refractivity contribution in [2.45, 2.75) is 20.4 Å². The zero-order chi connectivity index (χ0) is 14.5. The molecule has 1 heterocycles. The summed E-state index contributed by atoms with van der Waals surface area (Å²) in [5, 5.41) is 2.06. The van der Waals surface area contributed by atoms with Crippen molar-refractivity contribution in [3.8, 4) is 0 Å². The predicted molar refractivity (Wildman–Crippen MR) is 85.7 cm³/mol. The van der Waals surface area contributed by atoms with E-state index in [0.717, 1.165) is 5.56 Å². The Morgan fingerprint density at radius 1 is 1.20 bits per heavy atom. The van der Waals surface area contributed by atoms with Crippen LogP contribution in [0.3, 0.4) is 0 Å². The van der Waals surface area contributed by atoms with E-state index in [9.17, 15) is 4.79 Å². The Balaban J connectivity index is 1.97. The van der Waals surface area contributed by atoms with Gasteiger partial charge in [-0.2, -0.15) is 0 Å². The Bertz CT molecular complexity index is 610. The summed E-state index contributed by atoms with van der Waals surface area (Å²) in [6, 6.07) is 10.2. The maximum absolute atomic E-state index is 12.1. The van der Waals surface area contributed by atoms with Gasteiger partial charge in [0.1, 0.15) is 0 Å². The van der Waals surface area contributed by atoms with Gasteiger partial charge in [0.15, 0.2) is 0 Å². The maximum atomic E-state index is 12.1. The van der Waals surface area contributed by atoms with Crippen LogP contribution in [0.2, 0.25) is 0 Å². The Kier molecular flexibility index (Phi) is 4.74. The highest BCUT2D eigenvalue weighted by Crippen LogP contribution is 2.17. The van der Waals surface area contributed by atoms with Gasteiger partial charge in [0, 0.05) is 18.0 Å². The molecule has 2 aromatic rings. The molecule has 2 nitrogen and oxygen atoms in total. The number of rotatable bonds is 4. The second kappa shape index (κ2) is 6.53. The highest BCUT2D eigenvalue weighted by Gasteiger charge is 2.08. The lowest BCUT2D eigenvalue weighted by atomic mass is 10.1. The molecule has 0 saturated carbocycles. The van der Waals surface area contributed by atoms with E-state index in [0.29, 0.717) is 6.54 Å². The highest BCUT2D eigenvalue weighted by molar-refractivity contribution is 7.10. The van der Waals surface area contributed by atoms with E-state index < -0.39 is 0 Å². The topological polar surface area (TPSA) is 20.3 Å². The second-order valence-electron chi connectivity index (χ2n) is 4.97. The standard InChI is InChI=1S/C17H19NOS/c1-13-4-6-15(7-5-13)8-9-17(19)18(3)12-16-14(2)10-11-20-16/h4-11H,12H2,1-3H3/b9-8+. The summed E-state index contributed by atoms with van der Waals surface area (Å²) in [6.45, 7) is 4.79. The SMILES string of the molecule is Cc1ccc(/C=C/C(=O)N(C)Cc2sccc2C)cc1. The summed E-state index contributed by atoms with van der Waals surface area (Å²) < 4.78 is 0. The first-order chi connectivity index (χ1) is 9.56. The third-order valence-electron chi connectivity index (χ3n) is 3.22. The van der Waals surface area contributed by atoms with Gasteiger partial charge in [-0.3, -0.25) is 4.79 Å². The van der Waals surface area contributed by atoms with Gasteiger partial charge in [0.25, 0.3) is 0 Å². The van der Waals surface area contributed by atoms with E-state index in [1.54, 1.807) is 22.3 Å². The molecule has 1 amide bonds. The predicted octanol–water partition coefficient (Wildman–Crippen LogP) is 4.04. The van der Waals surface area contributed by atoms with Gasteiger partial charge in [-0.05, 0) is 42.5 Å². The van der Waals surface area contributed by atoms with E-state index in [1.165, 1.54) is 16.0 Å². The monoisotopic (exact) mass is 285 g/mol. The summed E-state index contributed by atoms with van der Waals surface area (Å²) in [4.78, 5) is 15.0. The van der Waals surface area contributed by atoms with Crippen LogP contribution < -0.4 is 0 Å². The fourth-order valence-corrected chi connectivity index (χ4v) is 2.79. The first-order valence-corrected chi connectivity index (χ1v) is 7.47. The molecule has 0 atom stereocenters. The van der Waals surface area contributed by atoms with Crippen LogP contribution in [0.5, 0.6) is 0 Å². The lowest BCUT2D eigenvalue weighted by Crippen LogP contribution is -2.23. The van der Waals surface area contributed by atoms with E-state index in [2.05, 4.69) is 25.3 Å². The van der Waals surface area contributed by atoms with E-state index in [-0.39, 0.29) is 5.91 Å². The van der Waals surface area contributed by atoms with Crippen molar-refractivity contribution in [3.63, 3.8) is 0 Å². The van der Waals surface area contributed by atoms with Crippen molar-refractivity contribution in [2.24, 2.45) is 0 Å². The molecule has 0 fully saturated rings. The van der Waals surface area contributed by atoms with Crippen LogP contribution in [0.4, 0.5) is 0 Å². The number of aryl methyl sites for hydroxylation is 2. The molecule has 0 aliphatic rings. The molecule has 0 aliphatic carbocycles. The molecule has 3 heteroatoms. The minimum Gasteiger partial charge on any atom is -0.337 e. The third kappa shape index (κ3) is 3.81. The fourth-order valence-electron chi connectivity index (χ4n) is 1.83. The average Bonchev–Trinajstić information content (AvgIpc) is 2.83. The van der Waals surface area contributed by atoms with Gasteiger partial charge in [-0.15, -0.1) is 11.3 Å². The van der Waals surface area contributed by atoms with Crippen molar-refractivity contribution < 1.29 is 4.79 Å². The molecule has 1 aromatic heterocycles. The van der Waals surface area contributed by atoms with Crippen LogP contribution in [-0.4, -0.2) is 17.9 Å². The van der Waals surface area contributed by atoms with Crippen LogP contribution in [0.25, 0.3) is 6.08 Å². The highest BCUT2D eigenvalue weighted by atomic mass is 32.1. The zero-order valence-corrected chi connectivity index (χ0v) is 12.9. The lowest BCUT2D eigenvalue weighted by molar-refractivity contribution is -0.125. The quantitative estimate of drug-likeness (QED) is 0.776. The van der Waals surface area contributed by atoms with E-state index in [4.69, 9.17) is 0 Å². The molecule has 0 saturated heterocycles. The van der Waals surface area contributed by atoms with Crippen LogP contribution in [0, 0.1) is 13.8 Å². The maximum Gasteiger partial charge on any atom is 0.246 e. The van der Waals surface area contributed by atoms with Gasteiger partial charge in [0.05, 0.1) is 6.54 Å². The average molecular weight is 285 g/mol. The Morgan fingerprint density at radius 2 is 1.90 bits per heavy atom. The number of amides is 1. The Morgan fingerprint density at radius 3 is 2.50 bits per heavy atom. The third-order valence-corrected chi connectivity index (χ3v) is 4.23. The normalized spacial score (nSPS) is 10.9. The minimum absolute atomic E-state index is 0.0263. The number of carbonyl (C=O) groups excluding carboxylic acids is 1. The lowest BCUT2D eigenvalue weighted by Gasteiger charge is -2.14. The molecular weight excluding hydrogens is 266 g/mol. The molecule has 1 aromatic carbocycles. The number of hydrogen-bond donors (Lipinski definition) is 0. The van der Waals surface area contributed by atoms with Gasteiger partial charge < -0.3 is 4.90 Å².